The molecule has 8 nitrogen and oxygen atoms in total. The van der Waals surface area contributed by atoms with Crippen LogP contribution in [0, 0.1) is 0 Å². The molecule has 24 heavy (non-hydrogen) atoms. The Kier molecular flexibility index (Phi) is 6.03. The number of carbonyl (C=O) groups is 1. The van der Waals surface area contributed by atoms with E-state index in [1.54, 1.807) is 0 Å². The maximum atomic E-state index is 12.5. The van der Waals surface area contributed by atoms with Crippen molar-refractivity contribution in [3.63, 3.8) is 0 Å². The number of amides is 1. The molecule has 4 N–H and O–H groups in total. The molecule has 0 saturated carbocycles. The van der Waals surface area contributed by atoms with Gasteiger partial charge < -0.3 is 10.1 Å². The molecule has 0 aliphatic carbocycles. The van der Waals surface area contributed by atoms with Crippen LogP contribution in [0.2, 0.25) is 0 Å². The lowest BCUT2D eigenvalue weighted by Crippen LogP contribution is -2.40. The summed E-state index contributed by atoms with van der Waals surface area (Å²) in [6.45, 7) is 4.65. The second-order valence-electron chi connectivity index (χ2n) is 5.70. The van der Waals surface area contributed by atoms with E-state index < -0.39 is 10.2 Å². The van der Waals surface area contributed by atoms with Gasteiger partial charge in [0.2, 0.25) is 0 Å². The molecule has 0 aromatic heterocycles. The molecule has 1 fully saturated rings. The predicted molar refractivity (Wildman–Crippen MR) is 92.3 cm³/mol. The minimum Gasteiger partial charge on any atom is -0.496 e. The highest BCUT2D eigenvalue weighted by Gasteiger charge is 2.24. The number of nitrogens with zero attached hydrogens (tertiary/aromatic N) is 1. The Morgan fingerprint density at radius 2 is 2.21 bits per heavy atom. The molecule has 134 valence electrons. The van der Waals surface area contributed by atoms with Gasteiger partial charge in [0.25, 0.3) is 16.1 Å². The van der Waals surface area contributed by atoms with E-state index in [2.05, 4.69) is 21.9 Å². The minimum absolute atomic E-state index is 0.208. The lowest BCUT2D eigenvalue weighted by molar-refractivity contribution is 0.0938. The summed E-state index contributed by atoms with van der Waals surface area (Å²) in [5.74, 6) is 0.0547. The lowest BCUT2D eigenvalue weighted by atomic mass is 10.1. The van der Waals surface area contributed by atoms with Gasteiger partial charge in [0.1, 0.15) is 5.75 Å². The third-order valence-electron chi connectivity index (χ3n) is 4.11. The number of nitrogens with one attached hydrogen (secondary N) is 2. The number of rotatable bonds is 7. The highest BCUT2D eigenvalue weighted by Crippen LogP contribution is 2.23. The number of ether oxygens (including phenoxy) is 1. The fraction of sp³-hybridized carbons (Fsp3) is 0.533. The van der Waals surface area contributed by atoms with Crippen molar-refractivity contribution in [2.45, 2.75) is 25.8 Å². The molecule has 0 spiro atoms. The van der Waals surface area contributed by atoms with E-state index in [9.17, 15) is 13.2 Å². The molecule has 1 amide bonds. The van der Waals surface area contributed by atoms with E-state index in [4.69, 9.17) is 9.88 Å². The quantitative estimate of drug-likeness (QED) is 0.659. The number of hydrogen-bond donors (Lipinski definition) is 3. The van der Waals surface area contributed by atoms with Crippen molar-refractivity contribution in [2.75, 3.05) is 31.5 Å². The van der Waals surface area contributed by atoms with Gasteiger partial charge in [-0.1, -0.05) is 6.92 Å². The number of likely N-dealkylation sites (tertiary alicyclic amines) is 1. The zero-order chi connectivity index (χ0) is 17.7. The van der Waals surface area contributed by atoms with Crippen LogP contribution in [0.5, 0.6) is 5.75 Å². The molecule has 0 radical (unpaired) electrons. The van der Waals surface area contributed by atoms with E-state index in [1.807, 2.05) is 0 Å². The van der Waals surface area contributed by atoms with Crippen molar-refractivity contribution >= 4 is 21.8 Å². The van der Waals surface area contributed by atoms with Crippen molar-refractivity contribution in [1.29, 1.82) is 0 Å². The molecular weight excluding hydrogens is 332 g/mol. The first-order chi connectivity index (χ1) is 11.3. The fourth-order valence-corrected chi connectivity index (χ4v) is 3.42. The number of likely N-dealkylation sites (N-methyl/N-ethyl adjacent to an activating group) is 1. The fourth-order valence-electron chi connectivity index (χ4n) is 2.96. The first kappa shape index (κ1) is 18.5. The molecule has 1 aliphatic heterocycles. The second kappa shape index (κ2) is 7.82. The van der Waals surface area contributed by atoms with E-state index >= 15 is 0 Å². The summed E-state index contributed by atoms with van der Waals surface area (Å²) in [5, 5.41) is 7.86. The van der Waals surface area contributed by atoms with Crippen LogP contribution in [-0.4, -0.2) is 52.0 Å². The topological polar surface area (TPSA) is 114 Å². The maximum Gasteiger partial charge on any atom is 0.296 e. The van der Waals surface area contributed by atoms with Crippen LogP contribution in [0.1, 0.15) is 30.1 Å². The van der Waals surface area contributed by atoms with Crippen molar-refractivity contribution < 1.29 is 17.9 Å². The van der Waals surface area contributed by atoms with Crippen molar-refractivity contribution in [1.82, 2.24) is 10.2 Å². The van der Waals surface area contributed by atoms with Gasteiger partial charge in [0, 0.05) is 12.6 Å². The standard InChI is InChI=1S/C15H24N4O4S/c1-3-19-8-4-5-12(19)10-17-15(20)13-9-11(18-24(16,21)22)6-7-14(13)23-2/h6-7,9,12,18H,3-5,8,10H2,1-2H3,(H,17,20)(H2,16,21,22). The number of anilines is 1. The average molecular weight is 356 g/mol. The summed E-state index contributed by atoms with van der Waals surface area (Å²) in [7, 11) is -2.45. The molecule has 1 unspecified atom stereocenters. The molecule has 9 heteroatoms. The summed E-state index contributed by atoms with van der Waals surface area (Å²) in [4.78, 5) is 14.8. The van der Waals surface area contributed by atoms with Gasteiger partial charge in [-0.15, -0.1) is 0 Å². The van der Waals surface area contributed by atoms with Gasteiger partial charge in [0.05, 0.1) is 18.4 Å². The molecule has 1 heterocycles. The Balaban J connectivity index is 2.10. The zero-order valence-electron chi connectivity index (χ0n) is 13.9. The summed E-state index contributed by atoms with van der Waals surface area (Å²) in [6, 6.07) is 4.74. The van der Waals surface area contributed by atoms with Crippen LogP contribution in [0.25, 0.3) is 0 Å². The Labute approximate surface area is 142 Å². The highest BCUT2D eigenvalue weighted by molar-refractivity contribution is 7.90. The van der Waals surface area contributed by atoms with Crippen molar-refractivity contribution in [2.24, 2.45) is 5.14 Å². The van der Waals surface area contributed by atoms with Crippen molar-refractivity contribution in [3.8, 4) is 5.75 Å². The van der Waals surface area contributed by atoms with Gasteiger partial charge in [-0.2, -0.15) is 8.42 Å². The minimum atomic E-state index is -3.90. The second-order valence-corrected chi connectivity index (χ2v) is 6.99. The van der Waals surface area contributed by atoms with E-state index in [-0.39, 0.29) is 17.2 Å². The smallest absolute Gasteiger partial charge is 0.296 e. The van der Waals surface area contributed by atoms with E-state index in [1.165, 1.54) is 25.3 Å². The Morgan fingerprint density at radius 1 is 1.46 bits per heavy atom. The van der Waals surface area contributed by atoms with Crippen LogP contribution in [0.3, 0.4) is 0 Å². The molecule has 1 aromatic rings. The number of carbonyl (C=O) groups excluding carboxylic acids is 1. The van der Waals surface area contributed by atoms with E-state index in [0.29, 0.717) is 18.3 Å². The van der Waals surface area contributed by atoms with Gasteiger partial charge in [0.15, 0.2) is 0 Å². The number of methoxy groups -OCH3 is 1. The van der Waals surface area contributed by atoms with Gasteiger partial charge >= 0.3 is 0 Å². The first-order valence-electron chi connectivity index (χ1n) is 7.85. The summed E-state index contributed by atoms with van der Waals surface area (Å²) < 4.78 is 29.6. The molecule has 1 aromatic carbocycles. The van der Waals surface area contributed by atoms with Crippen LogP contribution < -0.4 is 19.9 Å². The molecule has 0 bridgehead atoms. The van der Waals surface area contributed by atoms with Gasteiger partial charge in [-0.05, 0) is 44.1 Å². The van der Waals surface area contributed by atoms with Crippen LogP contribution in [-0.2, 0) is 10.2 Å². The van der Waals surface area contributed by atoms with Crippen molar-refractivity contribution in [3.05, 3.63) is 23.8 Å². The number of benzene rings is 1. The third kappa shape index (κ3) is 4.83. The summed E-state index contributed by atoms with van der Waals surface area (Å²) in [6.07, 6.45) is 2.18. The van der Waals surface area contributed by atoms with Gasteiger partial charge in [-0.3, -0.25) is 14.4 Å². The van der Waals surface area contributed by atoms with E-state index in [0.717, 1.165) is 25.9 Å². The van der Waals surface area contributed by atoms with Crippen LogP contribution in [0.4, 0.5) is 5.69 Å². The zero-order valence-corrected chi connectivity index (χ0v) is 14.7. The number of hydrogen-bond acceptors (Lipinski definition) is 5. The first-order valence-corrected chi connectivity index (χ1v) is 9.39. The summed E-state index contributed by atoms with van der Waals surface area (Å²) >= 11 is 0. The Hall–Kier alpha value is -1.84. The maximum absolute atomic E-state index is 12.5. The third-order valence-corrected chi connectivity index (χ3v) is 4.63. The SMILES string of the molecule is CCN1CCCC1CNC(=O)c1cc(NS(N)(=O)=O)ccc1OC. The monoisotopic (exact) mass is 356 g/mol. The van der Waals surface area contributed by atoms with Crippen LogP contribution in [0.15, 0.2) is 18.2 Å². The Bertz CT molecular complexity index is 693. The molecular formula is C15H24N4O4S. The lowest BCUT2D eigenvalue weighted by Gasteiger charge is -2.23. The number of nitrogens with two attached hydrogens (primary N) is 1. The molecule has 1 aliphatic rings. The molecule has 1 atom stereocenters. The molecule has 2 rings (SSSR count). The largest absolute Gasteiger partial charge is 0.496 e. The normalized spacial score (nSPS) is 18.4. The Morgan fingerprint density at radius 3 is 2.83 bits per heavy atom. The molecule has 1 saturated heterocycles. The predicted octanol–water partition coefficient (Wildman–Crippen LogP) is 0.525. The summed E-state index contributed by atoms with van der Waals surface area (Å²) in [5.41, 5.74) is 0.465. The van der Waals surface area contributed by atoms with Crippen LogP contribution >= 0.6 is 0 Å². The van der Waals surface area contributed by atoms with Gasteiger partial charge in [-0.25, -0.2) is 5.14 Å². The average Bonchev–Trinajstić information content (AvgIpc) is 2.98. The highest BCUT2D eigenvalue weighted by atomic mass is 32.2.